The number of benzene rings is 2. The molecule has 0 saturated heterocycles. The smallest absolute Gasteiger partial charge is 0.262 e. The minimum Gasteiger partial charge on any atom is -0.483 e. The third-order valence-corrected chi connectivity index (χ3v) is 4.47. The fraction of sp³-hybridized carbons (Fsp3) is 0.227. The number of ether oxygens (including phenoxy) is 2. The van der Waals surface area contributed by atoms with E-state index < -0.39 is 5.91 Å². The molecule has 0 radical (unpaired) electrons. The van der Waals surface area contributed by atoms with Crippen molar-refractivity contribution in [2.24, 2.45) is 5.73 Å². The number of fused-ring (bicyclic) bond motifs is 1. The fourth-order valence-corrected chi connectivity index (χ4v) is 2.96. The zero-order valence-electron chi connectivity index (χ0n) is 16.6. The SMILES string of the molecule is CCOCCn1ccc2c(OCC(=O)Nc3ccc(C(N)=O)cc3)cccc2c1=O. The molecule has 1 aromatic heterocycles. The summed E-state index contributed by atoms with van der Waals surface area (Å²) in [6, 6.07) is 13.2. The zero-order valence-corrected chi connectivity index (χ0v) is 16.6. The lowest BCUT2D eigenvalue weighted by molar-refractivity contribution is -0.118. The maximum atomic E-state index is 12.7. The van der Waals surface area contributed by atoms with Gasteiger partial charge in [0.25, 0.3) is 11.5 Å². The molecule has 8 nitrogen and oxygen atoms in total. The highest BCUT2D eigenvalue weighted by Gasteiger charge is 2.10. The molecule has 1 heterocycles. The minimum absolute atomic E-state index is 0.142. The predicted molar refractivity (Wildman–Crippen MR) is 114 cm³/mol. The number of amides is 2. The van der Waals surface area contributed by atoms with E-state index in [1.54, 1.807) is 47.2 Å². The van der Waals surface area contributed by atoms with Gasteiger partial charge in [0.1, 0.15) is 5.75 Å². The van der Waals surface area contributed by atoms with Gasteiger partial charge in [0.2, 0.25) is 5.91 Å². The van der Waals surface area contributed by atoms with Crippen molar-refractivity contribution in [2.75, 3.05) is 25.1 Å². The lowest BCUT2D eigenvalue weighted by Gasteiger charge is -2.12. The highest BCUT2D eigenvalue weighted by atomic mass is 16.5. The molecule has 0 aliphatic heterocycles. The van der Waals surface area contributed by atoms with Crippen LogP contribution in [0.1, 0.15) is 17.3 Å². The topological polar surface area (TPSA) is 113 Å². The number of carbonyl (C=O) groups is 2. The number of anilines is 1. The summed E-state index contributed by atoms with van der Waals surface area (Å²) in [6.45, 7) is 3.18. The summed E-state index contributed by atoms with van der Waals surface area (Å²) < 4.78 is 12.5. The number of hydrogen-bond donors (Lipinski definition) is 2. The molecule has 0 bridgehead atoms. The Balaban J connectivity index is 1.68. The van der Waals surface area contributed by atoms with Crippen LogP contribution in [-0.4, -0.2) is 36.2 Å². The Morgan fingerprint density at radius 3 is 2.53 bits per heavy atom. The standard InChI is InChI=1S/C22H23N3O5/c1-2-29-13-12-25-11-10-17-18(22(25)28)4-3-5-19(17)30-14-20(26)24-16-8-6-15(7-9-16)21(23)27/h3-11H,2,12-14H2,1H3,(H2,23,27)(H,24,26). The van der Waals surface area contributed by atoms with Gasteiger partial charge in [-0.1, -0.05) is 6.07 Å². The summed E-state index contributed by atoms with van der Waals surface area (Å²) >= 11 is 0. The minimum atomic E-state index is -0.538. The van der Waals surface area contributed by atoms with Crippen LogP contribution < -0.4 is 21.3 Å². The molecule has 3 N–H and O–H groups in total. The number of nitrogens with two attached hydrogens (primary N) is 1. The summed E-state index contributed by atoms with van der Waals surface area (Å²) in [5.41, 5.74) is 5.93. The van der Waals surface area contributed by atoms with E-state index in [2.05, 4.69) is 5.32 Å². The van der Waals surface area contributed by atoms with Crippen molar-refractivity contribution < 1.29 is 19.1 Å². The van der Waals surface area contributed by atoms with E-state index in [4.69, 9.17) is 15.2 Å². The molecular weight excluding hydrogens is 386 g/mol. The van der Waals surface area contributed by atoms with E-state index >= 15 is 0 Å². The average molecular weight is 409 g/mol. The summed E-state index contributed by atoms with van der Waals surface area (Å²) in [4.78, 5) is 36.0. The van der Waals surface area contributed by atoms with Crippen LogP contribution >= 0.6 is 0 Å². The van der Waals surface area contributed by atoms with E-state index in [-0.39, 0.29) is 18.1 Å². The molecule has 0 atom stereocenters. The highest BCUT2D eigenvalue weighted by molar-refractivity contribution is 5.95. The molecule has 0 fully saturated rings. The molecule has 0 unspecified atom stereocenters. The van der Waals surface area contributed by atoms with E-state index in [1.165, 1.54) is 12.1 Å². The molecule has 0 saturated carbocycles. The maximum absolute atomic E-state index is 12.7. The molecule has 30 heavy (non-hydrogen) atoms. The zero-order chi connectivity index (χ0) is 21.5. The normalized spacial score (nSPS) is 10.7. The Kier molecular flexibility index (Phi) is 6.82. The molecule has 2 amide bonds. The van der Waals surface area contributed by atoms with Crippen molar-refractivity contribution in [2.45, 2.75) is 13.5 Å². The number of aromatic nitrogens is 1. The molecule has 2 aromatic carbocycles. The number of pyridine rings is 1. The Bertz CT molecular complexity index is 1110. The quantitative estimate of drug-likeness (QED) is 0.526. The number of nitrogens with zero attached hydrogens (tertiary/aromatic N) is 1. The van der Waals surface area contributed by atoms with E-state index in [0.717, 1.165) is 0 Å². The first-order valence-corrected chi connectivity index (χ1v) is 9.52. The Morgan fingerprint density at radius 1 is 1.07 bits per heavy atom. The lowest BCUT2D eigenvalue weighted by atomic mass is 10.1. The van der Waals surface area contributed by atoms with Crippen LogP contribution in [0.3, 0.4) is 0 Å². The number of hydrogen-bond acceptors (Lipinski definition) is 5. The van der Waals surface area contributed by atoms with Crippen LogP contribution in [0.5, 0.6) is 5.75 Å². The van der Waals surface area contributed by atoms with Crippen LogP contribution in [0.25, 0.3) is 10.8 Å². The second kappa shape index (κ2) is 9.71. The molecule has 8 heteroatoms. The summed E-state index contributed by atoms with van der Waals surface area (Å²) in [5.74, 6) is -0.464. The van der Waals surface area contributed by atoms with Gasteiger partial charge in [-0.05, 0) is 49.4 Å². The van der Waals surface area contributed by atoms with E-state index in [9.17, 15) is 14.4 Å². The monoisotopic (exact) mass is 409 g/mol. The third-order valence-electron chi connectivity index (χ3n) is 4.47. The van der Waals surface area contributed by atoms with Crippen LogP contribution in [0.4, 0.5) is 5.69 Å². The van der Waals surface area contributed by atoms with Crippen molar-refractivity contribution in [3.63, 3.8) is 0 Å². The molecular formula is C22H23N3O5. The van der Waals surface area contributed by atoms with Crippen LogP contribution in [0, 0.1) is 0 Å². The molecule has 0 spiro atoms. The molecule has 3 aromatic rings. The van der Waals surface area contributed by atoms with Gasteiger partial charge in [0, 0.05) is 36.0 Å². The van der Waals surface area contributed by atoms with Gasteiger partial charge in [-0.25, -0.2) is 0 Å². The van der Waals surface area contributed by atoms with Gasteiger partial charge >= 0.3 is 0 Å². The van der Waals surface area contributed by atoms with Gasteiger partial charge in [-0.15, -0.1) is 0 Å². The van der Waals surface area contributed by atoms with Gasteiger partial charge in [-0.3, -0.25) is 14.4 Å². The molecule has 0 aliphatic carbocycles. The first-order valence-electron chi connectivity index (χ1n) is 9.52. The Labute approximate surface area is 173 Å². The van der Waals surface area contributed by atoms with Crippen LogP contribution in [-0.2, 0) is 16.1 Å². The van der Waals surface area contributed by atoms with Crippen LogP contribution in [0.15, 0.2) is 59.5 Å². The molecule has 3 rings (SSSR count). The number of nitrogens with one attached hydrogen (secondary N) is 1. The number of carbonyl (C=O) groups excluding carboxylic acids is 2. The van der Waals surface area contributed by atoms with Gasteiger partial charge in [0.15, 0.2) is 6.61 Å². The first-order chi connectivity index (χ1) is 14.5. The van der Waals surface area contributed by atoms with Gasteiger partial charge in [-0.2, -0.15) is 0 Å². The average Bonchev–Trinajstić information content (AvgIpc) is 2.74. The number of primary amides is 1. The fourth-order valence-electron chi connectivity index (χ4n) is 2.96. The predicted octanol–water partition coefficient (Wildman–Crippen LogP) is 2.15. The number of rotatable bonds is 9. The van der Waals surface area contributed by atoms with Gasteiger partial charge in [0.05, 0.1) is 12.0 Å². The van der Waals surface area contributed by atoms with Crippen molar-refractivity contribution in [3.8, 4) is 5.75 Å². The van der Waals surface area contributed by atoms with E-state index in [0.29, 0.717) is 47.5 Å². The summed E-state index contributed by atoms with van der Waals surface area (Å²) in [6.07, 6.45) is 1.69. The summed E-state index contributed by atoms with van der Waals surface area (Å²) in [5, 5.41) is 3.82. The van der Waals surface area contributed by atoms with Crippen LogP contribution in [0.2, 0.25) is 0 Å². The second-order valence-electron chi connectivity index (χ2n) is 6.51. The Hall–Kier alpha value is -3.65. The van der Waals surface area contributed by atoms with Crippen molar-refractivity contribution in [1.82, 2.24) is 4.57 Å². The van der Waals surface area contributed by atoms with E-state index in [1.807, 2.05) is 6.92 Å². The van der Waals surface area contributed by atoms with Gasteiger partial charge < -0.3 is 25.1 Å². The summed E-state index contributed by atoms with van der Waals surface area (Å²) in [7, 11) is 0. The largest absolute Gasteiger partial charge is 0.483 e. The maximum Gasteiger partial charge on any atom is 0.262 e. The molecule has 0 aliphatic rings. The van der Waals surface area contributed by atoms with Crippen molar-refractivity contribution in [3.05, 3.63) is 70.6 Å². The van der Waals surface area contributed by atoms with Crippen molar-refractivity contribution in [1.29, 1.82) is 0 Å². The Morgan fingerprint density at radius 2 is 1.83 bits per heavy atom. The molecule has 156 valence electrons. The first kappa shape index (κ1) is 21.1. The third kappa shape index (κ3) is 5.03. The lowest BCUT2D eigenvalue weighted by Crippen LogP contribution is -2.22. The van der Waals surface area contributed by atoms with Crippen molar-refractivity contribution >= 4 is 28.3 Å². The second-order valence-corrected chi connectivity index (χ2v) is 6.51. The highest BCUT2D eigenvalue weighted by Crippen LogP contribution is 2.23.